The summed E-state index contributed by atoms with van der Waals surface area (Å²) in [6.45, 7) is 3.09. The number of unbranched alkanes of at least 4 members (excludes halogenated alkanes) is 1. The van der Waals surface area contributed by atoms with Crippen LogP contribution in [0.3, 0.4) is 0 Å². The summed E-state index contributed by atoms with van der Waals surface area (Å²) < 4.78 is 5.47. The Balaban J connectivity index is 2.07. The van der Waals surface area contributed by atoms with E-state index >= 15 is 0 Å². The van der Waals surface area contributed by atoms with Gasteiger partial charge < -0.3 is 9.84 Å². The number of ether oxygens (including phenoxy) is 1. The van der Waals surface area contributed by atoms with E-state index in [-0.39, 0.29) is 6.10 Å². The summed E-state index contributed by atoms with van der Waals surface area (Å²) in [7, 11) is 0. The van der Waals surface area contributed by atoms with Crippen LogP contribution >= 0.6 is 23.4 Å². The molecule has 1 aromatic carbocycles. The fourth-order valence-electron chi connectivity index (χ4n) is 1.41. The lowest BCUT2D eigenvalue weighted by atomic mass is 10.2. The Hall–Kier alpha value is -0.220. The van der Waals surface area contributed by atoms with Crippen molar-refractivity contribution in [2.75, 3.05) is 18.1 Å². The van der Waals surface area contributed by atoms with Crippen molar-refractivity contribution in [1.82, 2.24) is 0 Å². The second-order valence-electron chi connectivity index (χ2n) is 4.22. The first kappa shape index (κ1) is 15.8. The van der Waals surface area contributed by atoms with E-state index in [1.54, 1.807) is 11.8 Å². The van der Waals surface area contributed by atoms with E-state index in [9.17, 15) is 5.11 Å². The van der Waals surface area contributed by atoms with Crippen molar-refractivity contribution in [2.24, 2.45) is 0 Å². The molecular weight excluding hydrogens is 268 g/mol. The molecule has 102 valence electrons. The molecule has 0 unspecified atom stereocenters. The molecule has 0 aliphatic carbocycles. The van der Waals surface area contributed by atoms with E-state index in [2.05, 4.69) is 6.92 Å². The summed E-state index contributed by atoms with van der Waals surface area (Å²) >= 11 is 7.58. The van der Waals surface area contributed by atoms with Crippen molar-refractivity contribution in [3.8, 4) is 0 Å². The minimum absolute atomic E-state index is 0.376. The van der Waals surface area contributed by atoms with Crippen molar-refractivity contribution in [3.05, 3.63) is 34.9 Å². The van der Waals surface area contributed by atoms with Crippen LogP contribution < -0.4 is 0 Å². The van der Waals surface area contributed by atoms with Crippen LogP contribution in [0.4, 0.5) is 0 Å². The normalized spacial score (nSPS) is 12.6. The highest BCUT2D eigenvalue weighted by Gasteiger charge is 2.04. The number of hydrogen-bond donors (Lipinski definition) is 1. The fraction of sp³-hybridized carbons (Fsp3) is 0.571. The molecule has 0 bridgehead atoms. The monoisotopic (exact) mass is 288 g/mol. The van der Waals surface area contributed by atoms with Crippen LogP contribution in [0.2, 0.25) is 5.02 Å². The molecule has 0 fully saturated rings. The molecule has 0 saturated heterocycles. The molecule has 0 heterocycles. The summed E-state index contributed by atoms with van der Waals surface area (Å²) in [6, 6.07) is 7.56. The van der Waals surface area contributed by atoms with Crippen LogP contribution in [0.25, 0.3) is 0 Å². The summed E-state index contributed by atoms with van der Waals surface area (Å²) in [4.78, 5) is 0. The minimum Gasteiger partial charge on any atom is -0.390 e. The van der Waals surface area contributed by atoms with Gasteiger partial charge >= 0.3 is 0 Å². The van der Waals surface area contributed by atoms with Crippen molar-refractivity contribution >= 4 is 23.4 Å². The molecule has 0 aliphatic rings. The third-order valence-electron chi connectivity index (χ3n) is 2.44. The van der Waals surface area contributed by atoms with E-state index in [1.165, 1.54) is 12.8 Å². The maximum Gasteiger partial charge on any atom is 0.0863 e. The van der Waals surface area contributed by atoms with Gasteiger partial charge in [-0.05, 0) is 29.9 Å². The molecular formula is C14H21ClO2S. The van der Waals surface area contributed by atoms with Gasteiger partial charge in [-0.1, -0.05) is 37.1 Å². The number of benzene rings is 1. The van der Waals surface area contributed by atoms with Crippen molar-refractivity contribution in [3.63, 3.8) is 0 Å². The molecule has 0 spiro atoms. The van der Waals surface area contributed by atoms with Gasteiger partial charge in [0.05, 0.1) is 19.3 Å². The maximum absolute atomic E-state index is 9.70. The highest BCUT2D eigenvalue weighted by atomic mass is 35.5. The van der Waals surface area contributed by atoms with Crippen molar-refractivity contribution < 1.29 is 9.84 Å². The van der Waals surface area contributed by atoms with Crippen molar-refractivity contribution in [1.29, 1.82) is 0 Å². The number of halogens is 1. The van der Waals surface area contributed by atoms with Gasteiger partial charge in [0, 0.05) is 10.8 Å². The third-order valence-corrected chi connectivity index (χ3v) is 3.89. The Kier molecular flexibility index (Phi) is 8.51. The van der Waals surface area contributed by atoms with Gasteiger partial charge in [-0.3, -0.25) is 0 Å². The molecule has 2 nitrogen and oxygen atoms in total. The second kappa shape index (κ2) is 9.68. The highest BCUT2D eigenvalue weighted by Crippen LogP contribution is 2.11. The van der Waals surface area contributed by atoms with Crippen LogP contribution in [0.5, 0.6) is 0 Å². The van der Waals surface area contributed by atoms with Gasteiger partial charge in [0.1, 0.15) is 0 Å². The molecule has 1 atom stereocenters. The predicted octanol–water partition coefficient (Wildman–Crippen LogP) is 3.75. The zero-order valence-electron chi connectivity index (χ0n) is 10.8. The lowest BCUT2D eigenvalue weighted by molar-refractivity contribution is 0.0398. The molecule has 0 aromatic heterocycles. The minimum atomic E-state index is -0.376. The summed E-state index contributed by atoms with van der Waals surface area (Å²) in [5.41, 5.74) is 1.07. The predicted molar refractivity (Wildman–Crippen MR) is 79.3 cm³/mol. The molecule has 1 rings (SSSR count). The van der Waals surface area contributed by atoms with Crippen LogP contribution in [0.15, 0.2) is 24.3 Å². The first-order valence-electron chi connectivity index (χ1n) is 6.30. The Labute approximate surface area is 119 Å². The summed E-state index contributed by atoms with van der Waals surface area (Å²) in [5.74, 6) is 1.87. The third kappa shape index (κ3) is 7.27. The maximum atomic E-state index is 9.70. The zero-order chi connectivity index (χ0) is 13.2. The SMILES string of the molecule is CCCCSC[C@H](O)COCc1ccc(Cl)cc1. The first-order chi connectivity index (χ1) is 8.72. The Bertz CT molecular complexity index is 316. The van der Waals surface area contributed by atoms with E-state index in [1.807, 2.05) is 24.3 Å². The van der Waals surface area contributed by atoms with Crippen LogP contribution in [0, 0.1) is 0 Å². The van der Waals surface area contributed by atoms with Crippen molar-refractivity contribution in [2.45, 2.75) is 32.5 Å². The Morgan fingerprint density at radius 3 is 2.72 bits per heavy atom. The molecule has 1 N–H and O–H groups in total. The Morgan fingerprint density at radius 1 is 1.33 bits per heavy atom. The Morgan fingerprint density at radius 2 is 2.06 bits per heavy atom. The van der Waals surface area contributed by atoms with Gasteiger partial charge in [0.2, 0.25) is 0 Å². The molecule has 18 heavy (non-hydrogen) atoms. The molecule has 0 radical (unpaired) electrons. The standard InChI is InChI=1S/C14H21ClO2S/c1-2-3-8-18-11-14(16)10-17-9-12-4-6-13(15)7-5-12/h4-7,14,16H,2-3,8-11H2,1H3/t14-/m1/s1. The summed E-state index contributed by atoms with van der Waals surface area (Å²) in [5, 5.41) is 10.4. The molecule has 4 heteroatoms. The largest absolute Gasteiger partial charge is 0.390 e. The number of aliphatic hydroxyl groups is 1. The quantitative estimate of drug-likeness (QED) is 0.702. The van der Waals surface area contributed by atoms with Crippen LogP contribution in [0.1, 0.15) is 25.3 Å². The smallest absolute Gasteiger partial charge is 0.0863 e. The lowest BCUT2D eigenvalue weighted by Crippen LogP contribution is -2.18. The molecule has 0 saturated carbocycles. The van der Waals surface area contributed by atoms with E-state index in [0.717, 1.165) is 22.1 Å². The van der Waals surface area contributed by atoms with Crippen LogP contribution in [-0.2, 0) is 11.3 Å². The average Bonchev–Trinajstić information content (AvgIpc) is 2.37. The van der Waals surface area contributed by atoms with E-state index in [4.69, 9.17) is 16.3 Å². The zero-order valence-corrected chi connectivity index (χ0v) is 12.3. The lowest BCUT2D eigenvalue weighted by Gasteiger charge is -2.11. The number of aliphatic hydroxyl groups excluding tert-OH is 1. The molecule has 1 aromatic rings. The van der Waals surface area contributed by atoms with Gasteiger partial charge in [0.25, 0.3) is 0 Å². The van der Waals surface area contributed by atoms with Gasteiger partial charge in [-0.2, -0.15) is 11.8 Å². The topological polar surface area (TPSA) is 29.5 Å². The summed E-state index contributed by atoms with van der Waals surface area (Å²) in [6.07, 6.45) is 2.04. The van der Waals surface area contributed by atoms with E-state index < -0.39 is 0 Å². The van der Waals surface area contributed by atoms with E-state index in [0.29, 0.717) is 13.2 Å². The number of thioether (sulfide) groups is 1. The fourth-order valence-corrected chi connectivity index (χ4v) is 2.56. The average molecular weight is 289 g/mol. The second-order valence-corrected chi connectivity index (χ2v) is 5.81. The van der Waals surface area contributed by atoms with Crippen LogP contribution in [-0.4, -0.2) is 29.3 Å². The van der Waals surface area contributed by atoms with Gasteiger partial charge in [0.15, 0.2) is 0 Å². The van der Waals surface area contributed by atoms with Gasteiger partial charge in [-0.15, -0.1) is 0 Å². The van der Waals surface area contributed by atoms with Gasteiger partial charge in [-0.25, -0.2) is 0 Å². The molecule has 0 amide bonds. The molecule has 0 aliphatic heterocycles. The highest BCUT2D eigenvalue weighted by molar-refractivity contribution is 7.99. The number of rotatable bonds is 9. The first-order valence-corrected chi connectivity index (χ1v) is 7.83. The number of hydrogen-bond acceptors (Lipinski definition) is 3.